The molecule has 1 atom stereocenters. The van der Waals surface area contributed by atoms with E-state index in [0.29, 0.717) is 6.04 Å². The van der Waals surface area contributed by atoms with Gasteiger partial charge in [0.2, 0.25) is 0 Å². The van der Waals surface area contributed by atoms with E-state index in [2.05, 4.69) is 36.5 Å². The molecule has 0 fully saturated rings. The monoisotopic (exact) mass is 305 g/mol. The van der Waals surface area contributed by atoms with Gasteiger partial charge >= 0.3 is 0 Å². The summed E-state index contributed by atoms with van der Waals surface area (Å²) in [5.41, 5.74) is 3.78. The van der Waals surface area contributed by atoms with Crippen molar-refractivity contribution in [2.45, 2.75) is 32.2 Å². The molecule has 0 saturated carbocycles. The van der Waals surface area contributed by atoms with Crippen LogP contribution >= 0.6 is 11.6 Å². The lowest BCUT2D eigenvalue weighted by Crippen LogP contribution is -2.28. The van der Waals surface area contributed by atoms with E-state index in [1.165, 1.54) is 17.2 Å². The van der Waals surface area contributed by atoms with Gasteiger partial charge in [0.15, 0.2) is 0 Å². The fourth-order valence-electron chi connectivity index (χ4n) is 2.52. The SMILES string of the molecule is CNC(CCc1ccccc1C)Cc1ccc(F)c(Cl)c1. The number of aryl methyl sites for hydroxylation is 2. The third-order valence-electron chi connectivity index (χ3n) is 3.90. The number of hydrogen-bond acceptors (Lipinski definition) is 1. The highest BCUT2D eigenvalue weighted by molar-refractivity contribution is 6.30. The predicted molar refractivity (Wildman–Crippen MR) is 87.5 cm³/mol. The van der Waals surface area contributed by atoms with Gasteiger partial charge in [0.05, 0.1) is 5.02 Å². The van der Waals surface area contributed by atoms with Gasteiger partial charge in [0, 0.05) is 6.04 Å². The average Bonchev–Trinajstić information content (AvgIpc) is 2.48. The number of benzene rings is 2. The molecule has 112 valence electrons. The molecule has 0 saturated heterocycles. The highest BCUT2D eigenvalue weighted by atomic mass is 35.5. The summed E-state index contributed by atoms with van der Waals surface area (Å²) in [6, 6.07) is 13.8. The van der Waals surface area contributed by atoms with Crippen LogP contribution in [0.15, 0.2) is 42.5 Å². The van der Waals surface area contributed by atoms with E-state index in [0.717, 1.165) is 24.8 Å². The maximum Gasteiger partial charge on any atom is 0.141 e. The third kappa shape index (κ3) is 4.55. The molecular weight excluding hydrogens is 285 g/mol. The summed E-state index contributed by atoms with van der Waals surface area (Å²) < 4.78 is 13.2. The molecule has 0 amide bonds. The first-order valence-corrected chi connectivity index (χ1v) is 7.63. The third-order valence-corrected chi connectivity index (χ3v) is 4.19. The van der Waals surface area contributed by atoms with Crippen molar-refractivity contribution in [2.24, 2.45) is 0 Å². The van der Waals surface area contributed by atoms with Crippen molar-refractivity contribution in [3.63, 3.8) is 0 Å². The van der Waals surface area contributed by atoms with E-state index in [-0.39, 0.29) is 10.8 Å². The number of likely N-dealkylation sites (N-methyl/N-ethyl adjacent to an activating group) is 1. The molecule has 2 rings (SSSR count). The number of rotatable bonds is 6. The van der Waals surface area contributed by atoms with Crippen molar-refractivity contribution in [3.05, 3.63) is 70.0 Å². The fraction of sp³-hybridized carbons (Fsp3) is 0.333. The van der Waals surface area contributed by atoms with Crippen LogP contribution in [0.5, 0.6) is 0 Å². The Balaban J connectivity index is 1.97. The second kappa shape index (κ2) is 7.58. The van der Waals surface area contributed by atoms with E-state index in [1.54, 1.807) is 12.1 Å². The molecule has 0 aromatic heterocycles. The molecule has 0 aliphatic rings. The Morgan fingerprint density at radius 3 is 2.62 bits per heavy atom. The molecule has 0 aliphatic carbocycles. The lowest BCUT2D eigenvalue weighted by atomic mass is 9.97. The maximum absolute atomic E-state index is 13.2. The second-order valence-electron chi connectivity index (χ2n) is 5.40. The van der Waals surface area contributed by atoms with Gasteiger partial charge in [-0.2, -0.15) is 0 Å². The quantitative estimate of drug-likeness (QED) is 0.825. The highest BCUT2D eigenvalue weighted by Crippen LogP contribution is 2.18. The first-order chi connectivity index (χ1) is 10.1. The van der Waals surface area contributed by atoms with Crippen molar-refractivity contribution < 1.29 is 4.39 Å². The zero-order chi connectivity index (χ0) is 15.2. The number of nitrogens with one attached hydrogen (secondary N) is 1. The smallest absolute Gasteiger partial charge is 0.141 e. The van der Waals surface area contributed by atoms with Crippen LogP contribution in [0.2, 0.25) is 5.02 Å². The maximum atomic E-state index is 13.2. The second-order valence-corrected chi connectivity index (χ2v) is 5.81. The summed E-state index contributed by atoms with van der Waals surface area (Å²) in [6.07, 6.45) is 2.92. The fourth-order valence-corrected chi connectivity index (χ4v) is 2.72. The Morgan fingerprint density at radius 1 is 1.19 bits per heavy atom. The Bertz CT molecular complexity index is 598. The minimum atomic E-state index is -0.360. The first kappa shape index (κ1) is 16.0. The van der Waals surface area contributed by atoms with E-state index in [1.807, 2.05) is 7.05 Å². The molecule has 21 heavy (non-hydrogen) atoms. The summed E-state index contributed by atoms with van der Waals surface area (Å²) in [6.45, 7) is 2.14. The van der Waals surface area contributed by atoms with Gasteiger partial charge in [-0.1, -0.05) is 41.9 Å². The van der Waals surface area contributed by atoms with Gasteiger partial charge in [0.1, 0.15) is 5.82 Å². The summed E-state index contributed by atoms with van der Waals surface area (Å²) in [5.74, 6) is -0.360. The van der Waals surface area contributed by atoms with Crippen molar-refractivity contribution >= 4 is 11.6 Å². The molecule has 2 aromatic rings. The van der Waals surface area contributed by atoms with Gasteiger partial charge in [-0.25, -0.2) is 4.39 Å². The van der Waals surface area contributed by atoms with Crippen LogP contribution in [0.4, 0.5) is 4.39 Å². The number of halogens is 2. The van der Waals surface area contributed by atoms with Gasteiger partial charge in [-0.3, -0.25) is 0 Å². The van der Waals surface area contributed by atoms with Crippen LogP contribution in [0.1, 0.15) is 23.1 Å². The Hall–Kier alpha value is -1.38. The zero-order valence-electron chi connectivity index (χ0n) is 12.5. The lowest BCUT2D eigenvalue weighted by Gasteiger charge is -2.17. The van der Waals surface area contributed by atoms with Crippen LogP contribution in [0.25, 0.3) is 0 Å². The van der Waals surface area contributed by atoms with Crippen molar-refractivity contribution in [3.8, 4) is 0 Å². The van der Waals surface area contributed by atoms with E-state index >= 15 is 0 Å². The largest absolute Gasteiger partial charge is 0.317 e. The van der Waals surface area contributed by atoms with E-state index in [4.69, 9.17) is 11.6 Å². The van der Waals surface area contributed by atoms with Crippen LogP contribution in [-0.2, 0) is 12.8 Å². The molecule has 1 nitrogen and oxygen atoms in total. The van der Waals surface area contributed by atoms with Gasteiger partial charge in [0.25, 0.3) is 0 Å². The summed E-state index contributed by atoms with van der Waals surface area (Å²) >= 11 is 5.84. The number of hydrogen-bond donors (Lipinski definition) is 1. The zero-order valence-corrected chi connectivity index (χ0v) is 13.3. The molecule has 0 spiro atoms. The molecule has 0 heterocycles. The average molecular weight is 306 g/mol. The lowest BCUT2D eigenvalue weighted by molar-refractivity contribution is 0.519. The molecule has 1 N–H and O–H groups in total. The van der Waals surface area contributed by atoms with Crippen LogP contribution in [0, 0.1) is 12.7 Å². The van der Waals surface area contributed by atoms with Crippen molar-refractivity contribution in [2.75, 3.05) is 7.05 Å². The molecule has 0 aliphatic heterocycles. The predicted octanol–water partition coefficient (Wildman–Crippen LogP) is 4.55. The summed E-state index contributed by atoms with van der Waals surface area (Å²) in [4.78, 5) is 0. The molecule has 3 heteroatoms. The summed E-state index contributed by atoms with van der Waals surface area (Å²) in [7, 11) is 1.97. The van der Waals surface area contributed by atoms with Gasteiger partial charge in [-0.15, -0.1) is 0 Å². The molecule has 0 radical (unpaired) electrons. The van der Waals surface area contributed by atoms with E-state index in [9.17, 15) is 4.39 Å². The standard InChI is InChI=1S/C18H21ClFN/c1-13-5-3-4-6-15(13)8-9-16(21-2)11-14-7-10-18(20)17(19)12-14/h3-7,10,12,16,21H,8-9,11H2,1-2H3. The minimum absolute atomic E-state index is 0.196. The Labute approximate surface area is 131 Å². The van der Waals surface area contributed by atoms with Crippen LogP contribution < -0.4 is 5.32 Å². The molecule has 1 unspecified atom stereocenters. The normalized spacial score (nSPS) is 12.4. The molecule has 2 aromatic carbocycles. The van der Waals surface area contributed by atoms with Crippen molar-refractivity contribution in [1.82, 2.24) is 5.32 Å². The first-order valence-electron chi connectivity index (χ1n) is 7.26. The van der Waals surface area contributed by atoms with E-state index < -0.39 is 0 Å². The summed E-state index contributed by atoms with van der Waals surface area (Å²) in [5, 5.41) is 3.53. The topological polar surface area (TPSA) is 12.0 Å². The van der Waals surface area contributed by atoms with Crippen LogP contribution in [0.3, 0.4) is 0 Å². The van der Waals surface area contributed by atoms with Gasteiger partial charge < -0.3 is 5.32 Å². The molecular formula is C18H21ClFN. The molecule has 0 bridgehead atoms. The van der Waals surface area contributed by atoms with Crippen LogP contribution in [-0.4, -0.2) is 13.1 Å². The highest BCUT2D eigenvalue weighted by Gasteiger charge is 2.10. The minimum Gasteiger partial charge on any atom is -0.317 e. The van der Waals surface area contributed by atoms with Crippen molar-refractivity contribution in [1.29, 1.82) is 0 Å². The Kier molecular flexibility index (Phi) is 5.77. The van der Waals surface area contributed by atoms with Gasteiger partial charge in [-0.05, 0) is 62.1 Å². The Morgan fingerprint density at radius 2 is 1.95 bits per heavy atom.